The molecule has 1 amide bonds. The molecule has 2 aromatic carbocycles. The zero-order valence-corrected chi connectivity index (χ0v) is 14.9. The van der Waals surface area contributed by atoms with Crippen molar-refractivity contribution in [1.29, 1.82) is 0 Å². The number of rotatable bonds is 4. The van der Waals surface area contributed by atoms with Crippen LogP contribution in [0.25, 0.3) is 11.3 Å². The molecule has 0 bridgehead atoms. The Morgan fingerprint density at radius 3 is 2.74 bits per heavy atom. The normalized spacial score (nSPS) is 16.5. The lowest BCUT2D eigenvalue weighted by molar-refractivity contribution is 0.0723. The minimum Gasteiger partial charge on any atom is -0.497 e. The molecular weight excluding hydrogens is 347 g/mol. The molecule has 27 heavy (non-hydrogen) atoms. The largest absolute Gasteiger partial charge is 0.497 e. The summed E-state index contributed by atoms with van der Waals surface area (Å²) in [7, 11) is 1.60. The quantitative estimate of drug-likeness (QED) is 0.684. The van der Waals surface area contributed by atoms with E-state index in [0.29, 0.717) is 17.9 Å². The summed E-state index contributed by atoms with van der Waals surface area (Å²) in [5, 5.41) is 3.94. The Morgan fingerprint density at radius 2 is 2.00 bits per heavy atom. The monoisotopic (exact) mass is 366 g/mol. The van der Waals surface area contributed by atoms with E-state index in [-0.39, 0.29) is 23.5 Å². The summed E-state index contributed by atoms with van der Waals surface area (Å²) >= 11 is 0. The number of amides is 1. The third kappa shape index (κ3) is 3.30. The van der Waals surface area contributed by atoms with Crippen molar-refractivity contribution in [1.82, 2.24) is 10.1 Å². The molecule has 0 saturated carbocycles. The van der Waals surface area contributed by atoms with Gasteiger partial charge >= 0.3 is 0 Å². The fourth-order valence-electron chi connectivity index (χ4n) is 3.49. The summed E-state index contributed by atoms with van der Waals surface area (Å²) in [6.07, 6.45) is 1.56. The Morgan fingerprint density at radius 1 is 1.22 bits per heavy atom. The van der Waals surface area contributed by atoms with Crippen LogP contribution in [0.5, 0.6) is 5.75 Å². The molecule has 1 fully saturated rings. The molecule has 1 aliphatic rings. The van der Waals surface area contributed by atoms with Crippen LogP contribution in [0.3, 0.4) is 0 Å². The van der Waals surface area contributed by atoms with Crippen molar-refractivity contribution < 1.29 is 18.4 Å². The van der Waals surface area contributed by atoms with E-state index in [2.05, 4.69) is 5.16 Å². The molecule has 6 heteroatoms. The van der Waals surface area contributed by atoms with E-state index in [9.17, 15) is 9.18 Å². The second-order valence-corrected chi connectivity index (χ2v) is 6.48. The Balaban J connectivity index is 1.57. The third-order valence-corrected chi connectivity index (χ3v) is 4.88. The fourth-order valence-corrected chi connectivity index (χ4v) is 3.49. The second kappa shape index (κ2) is 7.23. The summed E-state index contributed by atoms with van der Waals surface area (Å²) in [6.45, 7) is 0.572. The average molecular weight is 366 g/mol. The number of ether oxygens (including phenoxy) is 1. The molecule has 1 aromatic heterocycles. The van der Waals surface area contributed by atoms with Gasteiger partial charge in [0.05, 0.1) is 13.2 Å². The number of carbonyl (C=O) groups is 1. The van der Waals surface area contributed by atoms with Gasteiger partial charge < -0.3 is 14.2 Å². The van der Waals surface area contributed by atoms with E-state index in [1.807, 2.05) is 24.3 Å². The number of aromatic nitrogens is 1. The van der Waals surface area contributed by atoms with Gasteiger partial charge in [0.25, 0.3) is 5.91 Å². The molecule has 0 N–H and O–H groups in total. The molecule has 0 aliphatic carbocycles. The number of methoxy groups -OCH3 is 1. The van der Waals surface area contributed by atoms with E-state index in [1.165, 1.54) is 6.07 Å². The molecule has 5 nitrogen and oxygen atoms in total. The maximum absolute atomic E-state index is 14.2. The molecule has 1 saturated heterocycles. The van der Waals surface area contributed by atoms with Crippen molar-refractivity contribution in [2.75, 3.05) is 13.7 Å². The van der Waals surface area contributed by atoms with Gasteiger partial charge in [0.2, 0.25) is 0 Å². The predicted octanol–water partition coefficient (Wildman–Crippen LogP) is 4.47. The van der Waals surface area contributed by atoms with E-state index < -0.39 is 0 Å². The number of halogens is 1. The average Bonchev–Trinajstić information content (AvgIpc) is 3.38. The van der Waals surface area contributed by atoms with E-state index in [0.717, 1.165) is 24.2 Å². The lowest BCUT2D eigenvalue weighted by Gasteiger charge is -2.24. The summed E-state index contributed by atoms with van der Waals surface area (Å²) in [5.41, 5.74) is 1.57. The van der Waals surface area contributed by atoms with Gasteiger partial charge in [0.1, 0.15) is 11.6 Å². The number of benzene rings is 2. The van der Waals surface area contributed by atoms with Crippen LogP contribution in [0.2, 0.25) is 0 Å². The first kappa shape index (κ1) is 17.3. The first-order chi connectivity index (χ1) is 13.2. The third-order valence-electron chi connectivity index (χ3n) is 4.88. The summed E-state index contributed by atoms with van der Waals surface area (Å²) in [4.78, 5) is 14.6. The first-order valence-corrected chi connectivity index (χ1v) is 8.84. The number of hydrogen-bond acceptors (Lipinski definition) is 4. The topological polar surface area (TPSA) is 55.6 Å². The van der Waals surface area contributed by atoms with E-state index in [4.69, 9.17) is 9.26 Å². The Hall–Kier alpha value is -3.15. The maximum atomic E-state index is 14.2. The summed E-state index contributed by atoms with van der Waals surface area (Å²) < 4.78 is 24.7. The minimum atomic E-state index is -0.290. The Bertz CT molecular complexity index is 952. The van der Waals surface area contributed by atoms with Gasteiger partial charge in [-0.25, -0.2) is 4.39 Å². The second-order valence-electron chi connectivity index (χ2n) is 6.48. The number of carbonyl (C=O) groups excluding carboxylic acids is 1. The van der Waals surface area contributed by atoms with Crippen LogP contribution in [0.1, 0.15) is 34.9 Å². The van der Waals surface area contributed by atoms with Crippen molar-refractivity contribution in [3.8, 4) is 17.1 Å². The zero-order chi connectivity index (χ0) is 18.8. The number of hydrogen-bond donors (Lipinski definition) is 0. The number of likely N-dealkylation sites (tertiary alicyclic amines) is 1. The molecular formula is C21H19FN2O3. The van der Waals surface area contributed by atoms with Gasteiger partial charge in [-0.2, -0.15) is 0 Å². The zero-order valence-electron chi connectivity index (χ0n) is 14.9. The lowest BCUT2D eigenvalue weighted by Crippen LogP contribution is -2.31. The highest BCUT2D eigenvalue weighted by Gasteiger charge is 2.33. The van der Waals surface area contributed by atoms with Crippen molar-refractivity contribution >= 4 is 5.91 Å². The van der Waals surface area contributed by atoms with Crippen LogP contribution in [-0.4, -0.2) is 29.6 Å². The van der Waals surface area contributed by atoms with Gasteiger partial charge in [-0.05, 0) is 43.2 Å². The first-order valence-electron chi connectivity index (χ1n) is 8.84. The SMILES string of the molecule is COc1ccc(-c2cc(C(=O)N3CCC[C@@H]3c3ccccc3F)no2)cc1. The highest BCUT2D eigenvalue weighted by atomic mass is 19.1. The molecule has 0 radical (unpaired) electrons. The van der Waals surface area contributed by atoms with Gasteiger partial charge in [0.15, 0.2) is 11.5 Å². The van der Waals surface area contributed by atoms with Gasteiger partial charge in [-0.3, -0.25) is 4.79 Å². The highest BCUT2D eigenvalue weighted by molar-refractivity contribution is 5.93. The molecule has 0 unspecified atom stereocenters. The molecule has 0 spiro atoms. The van der Waals surface area contributed by atoms with Crippen LogP contribution in [0, 0.1) is 5.82 Å². The van der Waals surface area contributed by atoms with Crippen LogP contribution < -0.4 is 4.74 Å². The molecule has 1 aliphatic heterocycles. The van der Waals surface area contributed by atoms with Crippen molar-refractivity contribution in [2.24, 2.45) is 0 Å². The molecule has 2 heterocycles. The van der Waals surface area contributed by atoms with E-state index in [1.54, 1.807) is 36.3 Å². The Kier molecular flexibility index (Phi) is 4.62. The van der Waals surface area contributed by atoms with Crippen LogP contribution in [-0.2, 0) is 0 Å². The van der Waals surface area contributed by atoms with Crippen molar-refractivity contribution in [3.05, 3.63) is 71.7 Å². The minimum absolute atomic E-state index is 0.226. The Labute approximate surface area is 156 Å². The molecule has 3 aromatic rings. The molecule has 4 rings (SSSR count). The lowest BCUT2D eigenvalue weighted by atomic mass is 10.0. The number of nitrogens with zero attached hydrogens (tertiary/aromatic N) is 2. The predicted molar refractivity (Wildman–Crippen MR) is 97.9 cm³/mol. The highest BCUT2D eigenvalue weighted by Crippen LogP contribution is 2.34. The van der Waals surface area contributed by atoms with E-state index >= 15 is 0 Å². The van der Waals surface area contributed by atoms with Crippen molar-refractivity contribution in [2.45, 2.75) is 18.9 Å². The maximum Gasteiger partial charge on any atom is 0.276 e. The van der Waals surface area contributed by atoms with Crippen LogP contribution >= 0.6 is 0 Å². The molecule has 138 valence electrons. The fraction of sp³-hybridized carbons (Fsp3) is 0.238. The van der Waals surface area contributed by atoms with Crippen molar-refractivity contribution in [3.63, 3.8) is 0 Å². The van der Waals surface area contributed by atoms with Gasteiger partial charge in [-0.15, -0.1) is 0 Å². The van der Waals surface area contributed by atoms with Gasteiger partial charge in [0, 0.05) is 23.7 Å². The van der Waals surface area contributed by atoms with Gasteiger partial charge in [-0.1, -0.05) is 23.4 Å². The summed E-state index contributed by atoms with van der Waals surface area (Å²) in [5.74, 6) is 0.701. The standard InChI is InChI=1S/C21H19FN2O3/c1-26-15-10-8-14(9-11-15)20-13-18(23-27-20)21(25)24-12-4-7-19(24)16-5-2-3-6-17(16)22/h2-3,5-6,8-11,13,19H,4,7,12H2,1H3/t19-/m1/s1. The molecule has 1 atom stereocenters. The summed E-state index contributed by atoms with van der Waals surface area (Å²) in [6, 6.07) is 15.3. The smallest absolute Gasteiger partial charge is 0.276 e. The van der Waals surface area contributed by atoms with Crippen LogP contribution in [0.15, 0.2) is 59.1 Å². The van der Waals surface area contributed by atoms with Crippen LogP contribution in [0.4, 0.5) is 4.39 Å².